The van der Waals surface area contributed by atoms with E-state index in [1.165, 1.54) is 5.56 Å². The van der Waals surface area contributed by atoms with Gasteiger partial charge in [0.1, 0.15) is 5.75 Å². The lowest BCUT2D eigenvalue weighted by atomic mass is 10.0. The SMILES string of the molecule is COc1cc(OC)c(OC)cc1CN1CCNCC1c1cccnc1. The molecule has 0 radical (unpaired) electrons. The average Bonchev–Trinajstić information content (AvgIpc) is 2.68. The van der Waals surface area contributed by atoms with Crippen LogP contribution in [0, 0.1) is 0 Å². The predicted octanol–water partition coefficient (Wildman–Crippen LogP) is 2.25. The second-order valence-electron chi connectivity index (χ2n) is 6.00. The molecule has 0 aliphatic carbocycles. The third-order valence-corrected chi connectivity index (χ3v) is 4.58. The summed E-state index contributed by atoms with van der Waals surface area (Å²) in [4.78, 5) is 6.71. The summed E-state index contributed by atoms with van der Waals surface area (Å²) in [5, 5.41) is 3.47. The predicted molar refractivity (Wildman–Crippen MR) is 96.4 cm³/mol. The van der Waals surface area contributed by atoms with Crippen LogP contribution in [0.15, 0.2) is 36.7 Å². The second kappa shape index (κ2) is 8.18. The minimum absolute atomic E-state index is 0.278. The van der Waals surface area contributed by atoms with Crippen LogP contribution in [0.5, 0.6) is 17.2 Å². The Morgan fingerprint density at radius 1 is 1.12 bits per heavy atom. The molecule has 2 aromatic rings. The normalized spacial score (nSPS) is 18.0. The van der Waals surface area contributed by atoms with Crippen molar-refractivity contribution in [1.29, 1.82) is 0 Å². The van der Waals surface area contributed by atoms with Gasteiger partial charge in [-0.15, -0.1) is 0 Å². The van der Waals surface area contributed by atoms with E-state index in [0.717, 1.165) is 37.5 Å². The first-order chi connectivity index (χ1) is 12.3. The number of pyridine rings is 1. The maximum atomic E-state index is 5.58. The first-order valence-corrected chi connectivity index (χ1v) is 8.40. The largest absolute Gasteiger partial charge is 0.496 e. The molecule has 6 heteroatoms. The summed E-state index contributed by atoms with van der Waals surface area (Å²) in [5.74, 6) is 2.19. The number of benzene rings is 1. The molecule has 134 valence electrons. The molecule has 1 aromatic heterocycles. The van der Waals surface area contributed by atoms with Crippen LogP contribution in [0.3, 0.4) is 0 Å². The van der Waals surface area contributed by atoms with Crippen molar-refractivity contribution in [2.24, 2.45) is 0 Å². The van der Waals surface area contributed by atoms with Gasteiger partial charge in [-0.2, -0.15) is 0 Å². The molecule has 0 spiro atoms. The van der Waals surface area contributed by atoms with E-state index in [1.807, 2.05) is 30.6 Å². The highest BCUT2D eigenvalue weighted by Crippen LogP contribution is 2.36. The highest BCUT2D eigenvalue weighted by atomic mass is 16.5. The Hall–Kier alpha value is -2.31. The molecule has 1 aliphatic heterocycles. The topological polar surface area (TPSA) is 55.9 Å². The van der Waals surface area contributed by atoms with Crippen molar-refractivity contribution in [2.75, 3.05) is 41.0 Å². The zero-order valence-corrected chi connectivity index (χ0v) is 15.0. The van der Waals surface area contributed by atoms with Gasteiger partial charge in [0, 0.05) is 56.2 Å². The Bertz CT molecular complexity index is 694. The van der Waals surface area contributed by atoms with E-state index in [1.54, 1.807) is 21.3 Å². The number of hydrogen-bond acceptors (Lipinski definition) is 6. The van der Waals surface area contributed by atoms with E-state index >= 15 is 0 Å². The minimum atomic E-state index is 0.278. The van der Waals surface area contributed by atoms with Gasteiger partial charge in [-0.05, 0) is 17.7 Å². The molecule has 0 saturated carbocycles. The van der Waals surface area contributed by atoms with Gasteiger partial charge in [0.25, 0.3) is 0 Å². The summed E-state index contributed by atoms with van der Waals surface area (Å²) < 4.78 is 16.4. The lowest BCUT2D eigenvalue weighted by Gasteiger charge is -2.36. The summed E-state index contributed by atoms with van der Waals surface area (Å²) in [6.07, 6.45) is 3.75. The maximum absolute atomic E-state index is 5.58. The van der Waals surface area contributed by atoms with Gasteiger partial charge >= 0.3 is 0 Å². The Morgan fingerprint density at radius 2 is 1.88 bits per heavy atom. The van der Waals surface area contributed by atoms with Gasteiger partial charge in [-0.25, -0.2) is 0 Å². The molecule has 6 nitrogen and oxygen atoms in total. The van der Waals surface area contributed by atoms with Crippen LogP contribution in [0.2, 0.25) is 0 Å². The molecule has 1 saturated heterocycles. The third-order valence-electron chi connectivity index (χ3n) is 4.58. The highest BCUT2D eigenvalue weighted by molar-refractivity contribution is 5.50. The molecule has 1 N–H and O–H groups in total. The van der Waals surface area contributed by atoms with E-state index in [4.69, 9.17) is 14.2 Å². The summed E-state index contributed by atoms with van der Waals surface area (Å²) >= 11 is 0. The highest BCUT2D eigenvalue weighted by Gasteiger charge is 2.25. The molecular weight excluding hydrogens is 318 g/mol. The Balaban J connectivity index is 1.89. The molecule has 1 aliphatic rings. The fraction of sp³-hybridized carbons (Fsp3) is 0.421. The maximum Gasteiger partial charge on any atom is 0.164 e. The van der Waals surface area contributed by atoms with Gasteiger partial charge in [0.15, 0.2) is 11.5 Å². The Kier molecular flexibility index (Phi) is 5.73. The molecule has 1 fully saturated rings. The molecule has 2 heterocycles. The zero-order chi connectivity index (χ0) is 17.6. The van der Waals surface area contributed by atoms with Crippen molar-refractivity contribution >= 4 is 0 Å². The zero-order valence-electron chi connectivity index (χ0n) is 15.0. The molecule has 3 rings (SSSR count). The minimum Gasteiger partial charge on any atom is -0.496 e. The number of nitrogens with zero attached hydrogens (tertiary/aromatic N) is 2. The average molecular weight is 343 g/mol. The lowest BCUT2D eigenvalue weighted by molar-refractivity contribution is 0.151. The van der Waals surface area contributed by atoms with E-state index in [0.29, 0.717) is 11.5 Å². The van der Waals surface area contributed by atoms with Crippen molar-refractivity contribution in [3.8, 4) is 17.2 Å². The number of nitrogens with one attached hydrogen (secondary N) is 1. The number of piperazine rings is 1. The molecule has 1 unspecified atom stereocenters. The van der Waals surface area contributed by atoms with E-state index in [9.17, 15) is 0 Å². The summed E-state index contributed by atoms with van der Waals surface area (Å²) in [7, 11) is 4.96. The van der Waals surface area contributed by atoms with Gasteiger partial charge in [0.05, 0.1) is 21.3 Å². The van der Waals surface area contributed by atoms with E-state index in [2.05, 4.69) is 21.3 Å². The summed E-state index contributed by atoms with van der Waals surface area (Å²) in [6.45, 7) is 3.59. The Labute approximate surface area is 148 Å². The lowest BCUT2D eigenvalue weighted by Crippen LogP contribution is -2.45. The van der Waals surface area contributed by atoms with Crippen LogP contribution in [0.1, 0.15) is 17.2 Å². The molecular formula is C19H25N3O3. The fourth-order valence-corrected chi connectivity index (χ4v) is 3.27. The monoisotopic (exact) mass is 343 g/mol. The van der Waals surface area contributed by atoms with Crippen LogP contribution in [-0.4, -0.2) is 50.8 Å². The van der Waals surface area contributed by atoms with E-state index in [-0.39, 0.29) is 6.04 Å². The quantitative estimate of drug-likeness (QED) is 0.868. The third kappa shape index (κ3) is 3.86. The van der Waals surface area contributed by atoms with Crippen LogP contribution in [0.25, 0.3) is 0 Å². The number of ether oxygens (including phenoxy) is 3. The van der Waals surface area contributed by atoms with Gasteiger partial charge in [-0.3, -0.25) is 9.88 Å². The summed E-state index contributed by atoms with van der Waals surface area (Å²) in [5.41, 5.74) is 2.30. The van der Waals surface area contributed by atoms with E-state index < -0.39 is 0 Å². The molecule has 0 bridgehead atoms. The van der Waals surface area contributed by atoms with Crippen molar-refractivity contribution in [2.45, 2.75) is 12.6 Å². The molecule has 1 atom stereocenters. The number of rotatable bonds is 6. The molecule has 0 amide bonds. The van der Waals surface area contributed by atoms with Crippen LogP contribution < -0.4 is 19.5 Å². The Morgan fingerprint density at radius 3 is 2.56 bits per heavy atom. The van der Waals surface area contributed by atoms with Gasteiger partial charge in [0.2, 0.25) is 0 Å². The van der Waals surface area contributed by atoms with Gasteiger partial charge < -0.3 is 19.5 Å². The smallest absolute Gasteiger partial charge is 0.164 e. The molecule has 1 aromatic carbocycles. The first kappa shape index (κ1) is 17.5. The number of methoxy groups -OCH3 is 3. The van der Waals surface area contributed by atoms with Crippen LogP contribution >= 0.6 is 0 Å². The van der Waals surface area contributed by atoms with Gasteiger partial charge in [-0.1, -0.05) is 6.07 Å². The number of hydrogen-bond donors (Lipinski definition) is 1. The fourth-order valence-electron chi connectivity index (χ4n) is 3.27. The molecule has 25 heavy (non-hydrogen) atoms. The van der Waals surface area contributed by atoms with Crippen molar-refractivity contribution in [1.82, 2.24) is 15.2 Å². The standard InChI is InChI=1S/C19H25N3O3/c1-23-17-10-19(25-3)18(24-2)9-15(17)13-22-8-7-21-12-16(22)14-5-4-6-20-11-14/h4-6,9-11,16,21H,7-8,12-13H2,1-3H3. The van der Waals surface area contributed by atoms with Crippen molar-refractivity contribution in [3.05, 3.63) is 47.8 Å². The second-order valence-corrected chi connectivity index (χ2v) is 6.00. The summed E-state index contributed by atoms with van der Waals surface area (Å²) in [6, 6.07) is 8.28. The van der Waals surface area contributed by atoms with Crippen LogP contribution in [0.4, 0.5) is 0 Å². The van der Waals surface area contributed by atoms with Crippen molar-refractivity contribution in [3.63, 3.8) is 0 Å². The van der Waals surface area contributed by atoms with Crippen molar-refractivity contribution < 1.29 is 14.2 Å². The first-order valence-electron chi connectivity index (χ1n) is 8.40. The number of aromatic nitrogens is 1. The van der Waals surface area contributed by atoms with Crippen LogP contribution in [-0.2, 0) is 6.54 Å².